The molecule has 0 amide bonds. The first-order valence-corrected chi connectivity index (χ1v) is 7.18. The van der Waals surface area contributed by atoms with Gasteiger partial charge in [0, 0.05) is 12.0 Å². The molecule has 0 aliphatic heterocycles. The molecule has 1 unspecified atom stereocenters. The molecular weight excluding hydrogens is 246 g/mol. The zero-order valence-electron chi connectivity index (χ0n) is 12.0. The minimum Gasteiger partial charge on any atom is -0.395 e. The second-order valence-corrected chi connectivity index (χ2v) is 5.36. The molecule has 0 saturated carbocycles. The van der Waals surface area contributed by atoms with E-state index in [-0.39, 0.29) is 6.61 Å². The number of benzene rings is 2. The van der Waals surface area contributed by atoms with Crippen molar-refractivity contribution < 1.29 is 5.11 Å². The lowest BCUT2D eigenvalue weighted by atomic mass is 9.76. The molecule has 0 fully saturated rings. The van der Waals surface area contributed by atoms with E-state index in [1.54, 1.807) is 0 Å². The van der Waals surface area contributed by atoms with Crippen molar-refractivity contribution in [1.82, 2.24) is 0 Å². The average molecular weight is 269 g/mol. The molecule has 2 aromatic rings. The fraction of sp³-hybridized carbons (Fsp3) is 0.333. The number of hydrogen-bond donors (Lipinski definition) is 2. The summed E-state index contributed by atoms with van der Waals surface area (Å²) in [5.41, 5.74) is 9.24. The highest BCUT2D eigenvalue weighted by atomic mass is 16.3. The monoisotopic (exact) mass is 269 g/mol. The normalized spacial score (nSPS) is 13.9. The van der Waals surface area contributed by atoms with Gasteiger partial charge in [0.05, 0.1) is 6.61 Å². The number of aliphatic hydroxyl groups excluding tert-OH is 1. The largest absolute Gasteiger partial charge is 0.395 e. The summed E-state index contributed by atoms with van der Waals surface area (Å²) in [6.45, 7) is 2.64. The van der Waals surface area contributed by atoms with Crippen LogP contribution in [-0.2, 0) is 18.3 Å². The van der Waals surface area contributed by atoms with Crippen LogP contribution in [0.25, 0.3) is 0 Å². The van der Waals surface area contributed by atoms with Crippen molar-refractivity contribution in [2.75, 3.05) is 13.2 Å². The minimum absolute atomic E-state index is 0.0586. The Bertz CT molecular complexity index is 515. The molecule has 106 valence electrons. The van der Waals surface area contributed by atoms with Gasteiger partial charge in [0.25, 0.3) is 0 Å². The summed E-state index contributed by atoms with van der Waals surface area (Å²) in [5.74, 6) is 0. The third-order valence-corrected chi connectivity index (χ3v) is 4.05. The molecule has 2 nitrogen and oxygen atoms in total. The van der Waals surface area contributed by atoms with E-state index in [2.05, 4.69) is 31.2 Å². The predicted octanol–water partition coefficient (Wildman–Crippen LogP) is 2.68. The molecule has 0 heterocycles. The summed E-state index contributed by atoms with van der Waals surface area (Å²) in [5, 5.41) is 9.91. The van der Waals surface area contributed by atoms with Crippen LogP contribution in [-0.4, -0.2) is 18.3 Å². The highest BCUT2D eigenvalue weighted by molar-refractivity contribution is 5.31. The van der Waals surface area contributed by atoms with Crippen molar-refractivity contribution in [3.8, 4) is 0 Å². The van der Waals surface area contributed by atoms with Crippen LogP contribution in [0, 0.1) is 0 Å². The van der Waals surface area contributed by atoms with Gasteiger partial charge in [-0.05, 0) is 29.5 Å². The van der Waals surface area contributed by atoms with E-state index in [1.807, 2.05) is 30.3 Å². The standard InChI is InChI=1S/C18H23NO/c1-2-15-8-10-16(11-9-15)12-18(13-19,14-20)17-6-4-3-5-7-17/h3-11,20H,2,12-14,19H2,1H3. The molecule has 1 atom stereocenters. The van der Waals surface area contributed by atoms with Gasteiger partial charge in [-0.15, -0.1) is 0 Å². The van der Waals surface area contributed by atoms with Crippen molar-refractivity contribution in [3.05, 3.63) is 71.3 Å². The molecular formula is C18H23NO. The quantitative estimate of drug-likeness (QED) is 0.847. The Kier molecular flexibility index (Phi) is 4.94. The fourth-order valence-corrected chi connectivity index (χ4v) is 2.58. The van der Waals surface area contributed by atoms with Crippen LogP contribution < -0.4 is 5.73 Å². The average Bonchev–Trinajstić information content (AvgIpc) is 2.54. The van der Waals surface area contributed by atoms with Gasteiger partial charge in [-0.3, -0.25) is 0 Å². The van der Waals surface area contributed by atoms with Crippen molar-refractivity contribution >= 4 is 0 Å². The van der Waals surface area contributed by atoms with Crippen LogP contribution in [0.5, 0.6) is 0 Å². The second-order valence-electron chi connectivity index (χ2n) is 5.36. The van der Waals surface area contributed by atoms with E-state index in [4.69, 9.17) is 5.73 Å². The van der Waals surface area contributed by atoms with Crippen LogP contribution in [0.2, 0.25) is 0 Å². The van der Waals surface area contributed by atoms with Gasteiger partial charge in [0.15, 0.2) is 0 Å². The molecule has 0 radical (unpaired) electrons. The Hall–Kier alpha value is -1.64. The maximum absolute atomic E-state index is 9.91. The van der Waals surface area contributed by atoms with E-state index in [9.17, 15) is 5.11 Å². The van der Waals surface area contributed by atoms with Gasteiger partial charge < -0.3 is 10.8 Å². The van der Waals surface area contributed by atoms with E-state index < -0.39 is 5.41 Å². The lowest BCUT2D eigenvalue weighted by Crippen LogP contribution is -2.41. The smallest absolute Gasteiger partial charge is 0.0543 e. The van der Waals surface area contributed by atoms with E-state index in [0.717, 1.165) is 18.4 Å². The lowest BCUT2D eigenvalue weighted by molar-refractivity contribution is 0.196. The Labute approximate surface area is 121 Å². The van der Waals surface area contributed by atoms with Crippen molar-refractivity contribution in [2.24, 2.45) is 5.73 Å². The van der Waals surface area contributed by atoms with Gasteiger partial charge in [0.1, 0.15) is 0 Å². The van der Waals surface area contributed by atoms with Gasteiger partial charge in [-0.1, -0.05) is 61.5 Å². The zero-order chi connectivity index (χ0) is 14.4. The summed E-state index contributed by atoms with van der Waals surface area (Å²) in [7, 11) is 0. The van der Waals surface area contributed by atoms with Gasteiger partial charge in [0.2, 0.25) is 0 Å². The maximum Gasteiger partial charge on any atom is 0.0543 e. The van der Waals surface area contributed by atoms with Crippen LogP contribution in [0.3, 0.4) is 0 Å². The summed E-state index contributed by atoms with van der Waals surface area (Å²) < 4.78 is 0. The first-order valence-electron chi connectivity index (χ1n) is 7.18. The third kappa shape index (κ3) is 3.09. The van der Waals surface area contributed by atoms with E-state index in [1.165, 1.54) is 11.1 Å². The molecule has 0 aliphatic carbocycles. The number of rotatable bonds is 6. The Morgan fingerprint density at radius 2 is 1.55 bits per heavy atom. The number of nitrogens with two attached hydrogens (primary N) is 1. The Morgan fingerprint density at radius 3 is 2.05 bits per heavy atom. The number of aryl methyl sites for hydroxylation is 1. The van der Waals surface area contributed by atoms with E-state index in [0.29, 0.717) is 6.54 Å². The first kappa shape index (κ1) is 14.8. The molecule has 0 saturated heterocycles. The molecule has 0 spiro atoms. The van der Waals surface area contributed by atoms with Crippen LogP contribution >= 0.6 is 0 Å². The second kappa shape index (κ2) is 6.69. The van der Waals surface area contributed by atoms with Crippen molar-refractivity contribution in [1.29, 1.82) is 0 Å². The fourth-order valence-electron chi connectivity index (χ4n) is 2.58. The lowest BCUT2D eigenvalue weighted by Gasteiger charge is -2.31. The molecule has 0 aromatic heterocycles. The van der Waals surface area contributed by atoms with Crippen LogP contribution in [0.4, 0.5) is 0 Å². The topological polar surface area (TPSA) is 46.2 Å². The van der Waals surface area contributed by atoms with Crippen LogP contribution in [0.15, 0.2) is 54.6 Å². The summed E-state index contributed by atoms with van der Waals surface area (Å²) in [6, 6.07) is 18.7. The van der Waals surface area contributed by atoms with Gasteiger partial charge in [-0.2, -0.15) is 0 Å². The minimum atomic E-state index is -0.394. The summed E-state index contributed by atoms with van der Waals surface area (Å²) in [4.78, 5) is 0. The number of hydrogen-bond acceptors (Lipinski definition) is 2. The molecule has 0 bridgehead atoms. The van der Waals surface area contributed by atoms with Gasteiger partial charge >= 0.3 is 0 Å². The van der Waals surface area contributed by atoms with Crippen molar-refractivity contribution in [3.63, 3.8) is 0 Å². The molecule has 2 rings (SSSR count). The third-order valence-electron chi connectivity index (χ3n) is 4.05. The van der Waals surface area contributed by atoms with Crippen LogP contribution in [0.1, 0.15) is 23.6 Å². The molecule has 2 aromatic carbocycles. The Morgan fingerprint density at radius 1 is 0.950 bits per heavy atom. The summed E-state index contributed by atoms with van der Waals surface area (Å²) in [6.07, 6.45) is 1.80. The zero-order valence-corrected chi connectivity index (χ0v) is 12.0. The Balaban J connectivity index is 2.29. The SMILES string of the molecule is CCc1ccc(CC(CN)(CO)c2ccccc2)cc1. The predicted molar refractivity (Wildman–Crippen MR) is 83.8 cm³/mol. The molecule has 3 N–H and O–H groups in total. The summed E-state index contributed by atoms with van der Waals surface area (Å²) >= 11 is 0. The maximum atomic E-state index is 9.91. The van der Waals surface area contributed by atoms with Crippen molar-refractivity contribution in [2.45, 2.75) is 25.2 Å². The number of aliphatic hydroxyl groups is 1. The molecule has 0 aliphatic rings. The van der Waals surface area contributed by atoms with Gasteiger partial charge in [-0.25, -0.2) is 0 Å². The highest BCUT2D eigenvalue weighted by Gasteiger charge is 2.30. The molecule has 20 heavy (non-hydrogen) atoms. The highest BCUT2D eigenvalue weighted by Crippen LogP contribution is 2.27. The van der Waals surface area contributed by atoms with E-state index >= 15 is 0 Å². The first-order chi connectivity index (χ1) is 9.74. The molecule has 2 heteroatoms.